The maximum Gasteiger partial charge on any atom is 0.251 e. The molecular formula is C20H27N3O3. The Morgan fingerprint density at radius 3 is 2.96 bits per heavy atom. The van der Waals surface area contributed by atoms with E-state index in [0.717, 1.165) is 57.2 Å². The minimum atomic E-state index is -0.249. The molecule has 1 aromatic heterocycles. The zero-order chi connectivity index (χ0) is 18.0. The van der Waals surface area contributed by atoms with Gasteiger partial charge in [-0.1, -0.05) is 6.07 Å². The van der Waals surface area contributed by atoms with Crippen LogP contribution in [0, 0.1) is 0 Å². The minimum Gasteiger partial charge on any atom is -0.368 e. The van der Waals surface area contributed by atoms with Crippen LogP contribution < -0.4 is 0 Å². The average Bonchev–Trinajstić information content (AvgIpc) is 3.23. The van der Waals surface area contributed by atoms with Gasteiger partial charge in [-0.3, -0.25) is 14.6 Å². The van der Waals surface area contributed by atoms with E-state index in [-0.39, 0.29) is 23.5 Å². The van der Waals surface area contributed by atoms with E-state index in [9.17, 15) is 9.59 Å². The van der Waals surface area contributed by atoms with Gasteiger partial charge in [-0.05, 0) is 50.2 Å². The number of aromatic nitrogens is 1. The van der Waals surface area contributed by atoms with Crippen molar-refractivity contribution < 1.29 is 14.3 Å². The summed E-state index contributed by atoms with van der Waals surface area (Å²) in [5.41, 5.74) is 0.956. The summed E-state index contributed by atoms with van der Waals surface area (Å²) in [6.07, 6.45) is 9.43. The molecule has 2 amide bonds. The van der Waals surface area contributed by atoms with E-state index in [1.807, 2.05) is 23.2 Å². The molecule has 6 nitrogen and oxygen atoms in total. The van der Waals surface area contributed by atoms with Crippen molar-refractivity contribution in [2.24, 2.45) is 0 Å². The van der Waals surface area contributed by atoms with Crippen molar-refractivity contribution in [2.75, 3.05) is 19.7 Å². The SMILES string of the molecule is O=C(C1CCCO1)N1CCCC2(CCC(=O)N2Cc2cccnc2)CC1. The zero-order valence-corrected chi connectivity index (χ0v) is 15.2. The minimum absolute atomic E-state index is 0.113. The molecule has 3 aliphatic heterocycles. The average molecular weight is 357 g/mol. The molecule has 2 atom stereocenters. The monoisotopic (exact) mass is 357 g/mol. The van der Waals surface area contributed by atoms with Crippen LogP contribution in [0.4, 0.5) is 0 Å². The molecule has 4 rings (SSSR count). The fraction of sp³-hybridized carbons (Fsp3) is 0.650. The summed E-state index contributed by atoms with van der Waals surface area (Å²) in [6, 6.07) is 3.94. The molecule has 0 aromatic carbocycles. The molecular weight excluding hydrogens is 330 g/mol. The Bertz CT molecular complexity index is 660. The second-order valence-electron chi connectivity index (χ2n) is 7.75. The third-order valence-corrected chi connectivity index (χ3v) is 6.18. The lowest BCUT2D eigenvalue weighted by atomic mass is 9.87. The third kappa shape index (κ3) is 3.34. The summed E-state index contributed by atoms with van der Waals surface area (Å²) in [5, 5.41) is 0. The lowest BCUT2D eigenvalue weighted by Gasteiger charge is -2.38. The van der Waals surface area contributed by atoms with Gasteiger partial charge in [0, 0.05) is 50.6 Å². The van der Waals surface area contributed by atoms with Crippen LogP contribution in [0.15, 0.2) is 24.5 Å². The Balaban J connectivity index is 1.46. The molecule has 0 aliphatic carbocycles. The van der Waals surface area contributed by atoms with Gasteiger partial charge in [-0.25, -0.2) is 0 Å². The van der Waals surface area contributed by atoms with Gasteiger partial charge in [-0.15, -0.1) is 0 Å². The van der Waals surface area contributed by atoms with Crippen molar-refractivity contribution >= 4 is 11.8 Å². The number of pyridine rings is 1. The summed E-state index contributed by atoms with van der Waals surface area (Å²) in [6.45, 7) is 2.80. The quantitative estimate of drug-likeness (QED) is 0.831. The van der Waals surface area contributed by atoms with E-state index in [0.29, 0.717) is 19.6 Å². The van der Waals surface area contributed by atoms with Gasteiger partial charge in [0.1, 0.15) is 6.10 Å². The maximum absolute atomic E-state index is 12.7. The van der Waals surface area contributed by atoms with Crippen LogP contribution in [0.5, 0.6) is 0 Å². The topological polar surface area (TPSA) is 62.7 Å². The Morgan fingerprint density at radius 1 is 1.27 bits per heavy atom. The van der Waals surface area contributed by atoms with E-state index < -0.39 is 0 Å². The smallest absolute Gasteiger partial charge is 0.251 e. The van der Waals surface area contributed by atoms with E-state index >= 15 is 0 Å². The normalized spacial score (nSPS) is 29.4. The molecule has 4 heterocycles. The highest BCUT2D eigenvalue weighted by molar-refractivity contribution is 5.81. The Morgan fingerprint density at radius 2 is 2.19 bits per heavy atom. The molecule has 3 aliphatic rings. The lowest BCUT2D eigenvalue weighted by molar-refractivity contribution is -0.140. The standard InChI is InChI=1S/C20H27N3O3/c24-18-6-8-20(23(18)15-16-4-1-10-21-14-16)7-3-11-22(12-9-20)19(25)17-5-2-13-26-17/h1,4,10,14,17H,2-3,5-9,11-13,15H2. The lowest BCUT2D eigenvalue weighted by Crippen LogP contribution is -2.46. The van der Waals surface area contributed by atoms with Crippen molar-refractivity contribution in [3.05, 3.63) is 30.1 Å². The number of carbonyl (C=O) groups excluding carboxylic acids is 2. The number of carbonyl (C=O) groups is 2. The fourth-order valence-corrected chi connectivity index (χ4v) is 4.70. The van der Waals surface area contributed by atoms with E-state index in [1.54, 1.807) is 6.20 Å². The molecule has 0 N–H and O–H groups in total. The summed E-state index contributed by atoms with van der Waals surface area (Å²) in [4.78, 5) is 33.5. The molecule has 1 aromatic rings. The largest absolute Gasteiger partial charge is 0.368 e. The number of amides is 2. The Kier molecular flexibility index (Phi) is 4.94. The number of hydrogen-bond donors (Lipinski definition) is 0. The molecule has 6 heteroatoms. The van der Waals surface area contributed by atoms with E-state index in [1.165, 1.54) is 0 Å². The zero-order valence-electron chi connectivity index (χ0n) is 15.2. The highest BCUT2D eigenvalue weighted by Gasteiger charge is 2.46. The number of hydrogen-bond acceptors (Lipinski definition) is 4. The molecule has 0 saturated carbocycles. The van der Waals surface area contributed by atoms with Crippen LogP contribution in [0.1, 0.15) is 50.5 Å². The highest BCUT2D eigenvalue weighted by Crippen LogP contribution is 2.40. The summed E-state index contributed by atoms with van der Waals surface area (Å²) in [5.74, 6) is 0.371. The molecule has 3 fully saturated rings. The van der Waals surface area contributed by atoms with E-state index in [2.05, 4.69) is 9.88 Å². The molecule has 2 unspecified atom stereocenters. The van der Waals surface area contributed by atoms with Gasteiger partial charge in [0.2, 0.25) is 5.91 Å². The third-order valence-electron chi connectivity index (χ3n) is 6.18. The number of rotatable bonds is 3. The molecule has 1 spiro atoms. The second-order valence-corrected chi connectivity index (χ2v) is 7.75. The fourth-order valence-electron chi connectivity index (χ4n) is 4.70. The summed E-state index contributed by atoms with van der Waals surface area (Å²) < 4.78 is 5.58. The van der Waals surface area contributed by atoms with Crippen molar-refractivity contribution in [2.45, 2.75) is 63.1 Å². The van der Waals surface area contributed by atoms with Gasteiger partial charge in [0.05, 0.1) is 0 Å². The molecule has 26 heavy (non-hydrogen) atoms. The first-order valence-corrected chi connectivity index (χ1v) is 9.78. The second kappa shape index (κ2) is 7.35. The highest BCUT2D eigenvalue weighted by atomic mass is 16.5. The first-order valence-electron chi connectivity index (χ1n) is 9.78. The van der Waals surface area contributed by atoms with Crippen LogP contribution in [-0.4, -0.2) is 57.9 Å². The van der Waals surface area contributed by atoms with Gasteiger partial charge in [0.15, 0.2) is 0 Å². The van der Waals surface area contributed by atoms with Crippen LogP contribution >= 0.6 is 0 Å². The van der Waals surface area contributed by atoms with Crippen molar-refractivity contribution in [1.29, 1.82) is 0 Å². The number of ether oxygens (including phenoxy) is 1. The molecule has 3 saturated heterocycles. The summed E-state index contributed by atoms with van der Waals surface area (Å²) in [7, 11) is 0. The van der Waals surface area contributed by atoms with Crippen LogP contribution in [0.3, 0.4) is 0 Å². The molecule has 140 valence electrons. The van der Waals surface area contributed by atoms with Crippen molar-refractivity contribution in [3.63, 3.8) is 0 Å². The first kappa shape index (κ1) is 17.5. The Labute approximate surface area is 154 Å². The number of nitrogens with zero attached hydrogens (tertiary/aromatic N) is 3. The van der Waals surface area contributed by atoms with Crippen LogP contribution in [-0.2, 0) is 20.9 Å². The molecule has 0 bridgehead atoms. The van der Waals surface area contributed by atoms with Gasteiger partial charge in [-0.2, -0.15) is 0 Å². The predicted octanol–water partition coefficient (Wildman–Crippen LogP) is 2.13. The van der Waals surface area contributed by atoms with Crippen LogP contribution in [0.25, 0.3) is 0 Å². The van der Waals surface area contributed by atoms with Gasteiger partial charge >= 0.3 is 0 Å². The van der Waals surface area contributed by atoms with Crippen LogP contribution in [0.2, 0.25) is 0 Å². The first-order chi connectivity index (χ1) is 12.7. The van der Waals surface area contributed by atoms with Crippen molar-refractivity contribution in [3.8, 4) is 0 Å². The van der Waals surface area contributed by atoms with E-state index in [4.69, 9.17) is 4.74 Å². The summed E-state index contributed by atoms with van der Waals surface area (Å²) >= 11 is 0. The van der Waals surface area contributed by atoms with Crippen molar-refractivity contribution in [1.82, 2.24) is 14.8 Å². The predicted molar refractivity (Wildman–Crippen MR) is 96.2 cm³/mol. The maximum atomic E-state index is 12.7. The molecule has 0 radical (unpaired) electrons. The Hall–Kier alpha value is -1.95. The van der Waals surface area contributed by atoms with Gasteiger partial charge < -0.3 is 14.5 Å². The van der Waals surface area contributed by atoms with Gasteiger partial charge in [0.25, 0.3) is 5.91 Å². The number of likely N-dealkylation sites (tertiary alicyclic amines) is 2.